The molecule has 13 heavy (non-hydrogen) atoms. The summed E-state index contributed by atoms with van der Waals surface area (Å²) in [6.07, 6.45) is 3.73. The van der Waals surface area contributed by atoms with E-state index in [4.69, 9.17) is 4.98 Å². The van der Waals surface area contributed by atoms with Crippen LogP contribution >= 0.6 is 0 Å². The summed E-state index contributed by atoms with van der Waals surface area (Å²) >= 11 is 0. The van der Waals surface area contributed by atoms with Crippen LogP contribution in [0.4, 0.5) is 0 Å². The lowest BCUT2D eigenvalue weighted by Crippen LogP contribution is -2.07. The van der Waals surface area contributed by atoms with Crippen LogP contribution in [-0.2, 0) is 19.4 Å². The fourth-order valence-corrected chi connectivity index (χ4v) is 2.41. The van der Waals surface area contributed by atoms with Crippen molar-refractivity contribution in [3.63, 3.8) is 0 Å². The maximum absolute atomic E-state index is 4.72. The monoisotopic (exact) mass is 174 g/mol. The number of aryl methyl sites for hydroxylation is 2. The van der Waals surface area contributed by atoms with Crippen LogP contribution in [-0.4, -0.2) is 4.98 Å². The minimum Gasteiger partial charge on any atom is -0.304 e. The van der Waals surface area contributed by atoms with Crippen molar-refractivity contribution in [3.05, 3.63) is 28.6 Å². The van der Waals surface area contributed by atoms with Crippen LogP contribution in [0.1, 0.15) is 41.9 Å². The quantitative estimate of drug-likeness (QED) is 0.648. The van der Waals surface area contributed by atoms with Crippen LogP contribution in [0.5, 0.6) is 0 Å². The number of pyridine rings is 1. The van der Waals surface area contributed by atoms with E-state index in [1.54, 1.807) is 0 Å². The summed E-state index contributed by atoms with van der Waals surface area (Å²) in [6.45, 7) is 3.18. The Labute approximate surface area is 78.4 Å². The summed E-state index contributed by atoms with van der Waals surface area (Å²) in [5.41, 5.74) is 5.57. The normalized spacial score (nSPS) is 24.5. The van der Waals surface area contributed by atoms with Crippen LogP contribution in [0.2, 0.25) is 0 Å². The maximum atomic E-state index is 4.72. The van der Waals surface area contributed by atoms with E-state index in [0.29, 0.717) is 6.04 Å². The van der Waals surface area contributed by atoms with Gasteiger partial charge in [0.2, 0.25) is 0 Å². The maximum Gasteiger partial charge on any atom is 0.0592 e. The molecule has 0 spiro atoms. The Kier molecular flexibility index (Phi) is 1.47. The molecule has 1 N–H and O–H groups in total. The van der Waals surface area contributed by atoms with Gasteiger partial charge in [0, 0.05) is 18.3 Å². The molecule has 68 valence electrons. The second kappa shape index (κ2) is 2.55. The molecule has 2 aliphatic rings. The first kappa shape index (κ1) is 7.51. The number of fused-ring (bicyclic) bond motifs is 2. The predicted octanol–water partition coefficient (Wildman–Crippen LogP) is 1.73. The highest BCUT2D eigenvalue weighted by atomic mass is 15.0. The molecule has 1 aliphatic heterocycles. The van der Waals surface area contributed by atoms with Gasteiger partial charge in [-0.25, -0.2) is 0 Å². The minimum atomic E-state index is 0.508. The molecule has 1 atom stereocenters. The van der Waals surface area contributed by atoms with E-state index in [1.807, 2.05) is 0 Å². The van der Waals surface area contributed by atoms with Gasteiger partial charge in [-0.15, -0.1) is 0 Å². The van der Waals surface area contributed by atoms with Crippen LogP contribution in [0.25, 0.3) is 0 Å². The van der Waals surface area contributed by atoms with Crippen molar-refractivity contribution in [2.75, 3.05) is 0 Å². The Morgan fingerprint density at radius 2 is 2.31 bits per heavy atom. The molecule has 1 aromatic rings. The predicted molar refractivity (Wildman–Crippen MR) is 51.5 cm³/mol. The summed E-state index contributed by atoms with van der Waals surface area (Å²) in [6, 6.07) is 2.88. The van der Waals surface area contributed by atoms with Gasteiger partial charge >= 0.3 is 0 Å². The fraction of sp³-hybridized carbons (Fsp3) is 0.545. The van der Waals surface area contributed by atoms with E-state index in [2.05, 4.69) is 18.3 Å². The number of nitrogens with zero attached hydrogens (tertiary/aromatic N) is 1. The van der Waals surface area contributed by atoms with Crippen molar-refractivity contribution < 1.29 is 0 Å². The zero-order valence-corrected chi connectivity index (χ0v) is 7.93. The average molecular weight is 174 g/mol. The second-order valence-electron chi connectivity index (χ2n) is 4.09. The third-order valence-electron chi connectivity index (χ3n) is 3.21. The highest BCUT2D eigenvalue weighted by Gasteiger charge is 2.23. The van der Waals surface area contributed by atoms with Crippen molar-refractivity contribution in [2.45, 2.75) is 38.8 Å². The molecule has 1 aliphatic carbocycles. The Morgan fingerprint density at radius 1 is 1.38 bits per heavy atom. The molecule has 0 saturated heterocycles. The van der Waals surface area contributed by atoms with Gasteiger partial charge in [0.1, 0.15) is 0 Å². The number of nitrogens with one attached hydrogen (secondary N) is 1. The molecule has 0 aromatic carbocycles. The van der Waals surface area contributed by atoms with E-state index >= 15 is 0 Å². The minimum absolute atomic E-state index is 0.508. The first-order valence-corrected chi connectivity index (χ1v) is 5.09. The van der Waals surface area contributed by atoms with Crippen LogP contribution in [0.15, 0.2) is 6.07 Å². The summed E-state index contributed by atoms with van der Waals surface area (Å²) < 4.78 is 0. The van der Waals surface area contributed by atoms with Gasteiger partial charge in [-0.2, -0.15) is 0 Å². The highest BCUT2D eigenvalue weighted by Crippen LogP contribution is 2.29. The molecule has 0 amide bonds. The standard InChI is InChI=1S/C11H14N2/c1-7-9-5-8-3-2-4-10(8)13-11(9)6-12-7/h5,7,12H,2-4,6H2,1H3. The molecule has 0 fully saturated rings. The van der Waals surface area contributed by atoms with Gasteiger partial charge in [0.15, 0.2) is 0 Å². The van der Waals surface area contributed by atoms with Crippen molar-refractivity contribution in [2.24, 2.45) is 0 Å². The zero-order valence-electron chi connectivity index (χ0n) is 7.93. The molecule has 1 unspecified atom stereocenters. The second-order valence-corrected chi connectivity index (χ2v) is 4.09. The topological polar surface area (TPSA) is 24.9 Å². The molecule has 2 nitrogen and oxygen atoms in total. The van der Waals surface area contributed by atoms with Gasteiger partial charge in [0.25, 0.3) is 0 Å². The van der Waals surface area contributed by atoms with E-state index in [-0.39, 0.29) is 0 Å². The molecule has 0 radical (unpaired) electrons. The van der Waals surface area contributed by atoms with Gasteiger partial charge < -0.3 is 5.32 Å². The zero-order chi connectivity index (χ0) is 8.84. The number of rotatable bonds is 0. The molecule has 2 heteroatoms. The molecule has 0 bridgehead atoms. The summed E-state index contributed by atoms with van der Waals surface area (Å²) in [5.74, 6) is 0. The highest BCUT2D eigenvalue weighted by molar-refractivity contribution is 5.37. The van der Waals surface area contributed by atoms with E-state index < -0.39 is 0 Å². The van der Waals surface area contributed by atoms with Crippen LogP contribution in [0.3, 0.4) is 0 Å². The van der Waals surface area contributed by atoms with Crippen molar-refractivity contribution >= 4 is 0 Å². The van der Waals surface area contributed by atoms with Gasteiger partial charge in [-0.3, -0.25) is 4.98 Å². The number of aromatic nitrogens is 1. The Bertz CT molecular complexity index is 357. The molecule has 2 heterocycles. The Hall–Kier alpha value is -0.890. The molecule has 0 saturated carbocycles. The lowest BCUT2D eigenvalue weighted by Gasteiger charge is -2.06. The van der Waals surface area contributed by atoms with Gasteiger partial charge in [-0.05, 0) is 37.3 Å². The van der Waals surface area contributed by atoms with Gasteiger partial charge in [-0.1, -0.05) is 6.07 Å². The van der Waals surface area contributed by atoms with E-state index in [9.17, 15) is 0 Å². The third-order valence-corrected chi connectivity index (χ3v) is 3.21. The number of hydrogen-bond donors (Lipinski definition) is 1. The van der Waals surface area contributed by atoms with Crippen LogP contribution in [0, 0.1) is 0 Å². The Morgan fingerprint density at radius 3 is 3.23 bits per heavy atom. The van der Waals surface area contributed by atoms with Crippen molar-refractivity contribution in [1.29, 1.82) is 0 Å². The Balaban J connectivity index is 2.16. The van der Waals surface area contributed by atoms with E-state index in [0.717, 1.165) is 6.54 Å². The van der Waals surface area contributed by atoms with E-state index in [1.165, 1.54) is 41.8 Å². The smallest absolute Gasteiger partial charge is 0.0592 e. The molecule has 3 rings (SSSR count). The summed E-state index contributed by atoms with van der Waals surface area (Å²) in [7, 11) is 0. The van der Waals surface area contributed by atoms with Crippen LogP contribution < -0.4 is 5.32 Å². The fourth-order valence-electron chi connectivity index (χ4n) is 2.41. The molecular formula is C11H14N2. The lowest BCUT2D eigenvalue weighted by molar-refractivity contribution is 0.631. The van der Waals surface area contributed by atoms with Crippen molar-refractivity contribution in [1.82, 2.24) is 10.3 Å². The molecule has 1 aromatic heterocycles. The molecular weight excluding hydrogens is 160 g/mol. The van der Waals surface area contributed by atoms with Crippen molar-refractivity contribution in [3.8, 4) is 0 Å². The lowest BCUT2D eigenvalue weighted by atomic mass is 10.1. The first-order chi connectivity index (χ1) is 6.34. The first-order valence-electron chi connectivity index (χ1n) is 5.09. The SMILES string of the molecule is CC1NCc2nc3c(cc21)CCC3. The summed E-state index contributed by atoms with van der Waals surface area (Å²) in [5, 5.41) is 3.43. The average Bonchev–Trinajstić information content (AvgIpc) is 2.70. The third kappa shape index (κ3) is 1.02. The number of hydrogen-bond acceptors (Lipinski definition) is 2. The largest absolute Gasteiger partial charge is 0.304 e. The van der Waals surface area contributed by atoms with Gasteiger partial charge in [0.05, 0.1) is 5.69 Å². The summed E-state index contributed by atoms with van der Waals surface area (Å²) in [4.78, 5) is 4.72.